The van der Waals surface area contributed by atoms with Crippen molar-refractivity contribution in [3.63, 3.8) is 0 Å². The Hall–Kier alpha value is -2.93. The average Bonchev–Trinajstić information content (AvgIpc) is 3.03. The number of amides is 2. The van der Waals surface area contributed by atoms with Crippen LogP contribution in [0.4, 0.5) is 5.13 Å². The minimum absolute atomic E-state index is 0.122. The van der Waals surface area contributed by atoms with Crippen molar-refractivity contribution in [1.29, 1.82) is 0 Å². The molecule has 0 radical (unpaired) electrons. The summed E-state index contributed by atoms with van der Waals surface area (Å²) in [7, 11) is 1.59. The van der Waals surface area contributed by atoms with Crippen molar-refractivity contribution >= 4 is 38.5 Å². The lowest BCUT2D eigenvalue weighted by Gasteiger charge is -2.17. The Bertz CT molecular complexity index is 924. The summed E-state index contributed by atoms with van der Waals surface area (Å²) in [5.41, 5.74) is 1.60. The number of benzene rings is 2. The first-order valence-corrected chi connectivity index (χ1v) is 8.94. The average molecular weight is 369 g/mol. The number of anilines is 1. The maximum absolute atomic E-state index is 12.5. The van der Waals surface area contributed by atoms with Gasteiger partial charge in [0.2, 0.25) is 11.8 Å². The molecule has 2 N–H and O–H groups in total. The van der Waals surface area contributed by atoms with Crippen LogP contribution in [0.5, 0.6) is 5.75 Å². The highest BCUT2D eigenvalue weighted by molar-refractivity contribution is 7.22. The number of rotatable bonds is 6. The summed E-state index contributed by atoms with van der Waals surface area (Å²) in [5.74, 6) is 0.265. The second-order valence-electron chi connectivity index (χ2n) is 5.74. The van der Waals surface area contributed by atoms with Crippen LogP contribution in [0.1, 0.15) is 24.9 Å². The molecule has 3 rings (SSSR count). The fourth-order valence-corrected chi connectivity index (χ4v) is 3.58. The number of aromatic nitrogens is 1. The second-order valence-corrected chi connectivity index (χ2v) is 6.77. The fourth-order valence-electron chi connectivity index (χ4n) is 2.68. The first-order valence-electron chi connectivity index (χ1n) is 8.12. The van der Waals surface area contributed by atoms with Gasteiger partial charge in [0.1, 0.15) is 11.3 Å². The number of methoxy groups -OCH3 is 1. The van der Waals surface area contributed by atoms with E-state index in [-0.39, 0.29) is 18.2 Å². The third-order valence-corrected chi connectivity index (χ3v) is 4.75. The van der Waals surface area contributed by atoms with E-state index < -0.39 is 6.04 Å². The molecule has 0 unspecified atom stereocenters. The minimum Gasteiger partial charge on any atom is -0.494 e. The zero-order valence-corrected chi connectivity index (χ0v) is 15.3. The van der Waals surface area contributed by atoms with E-state index in [4.69, 9.17) is 4.74 Å². The van der Waals surface area contributed by atoms with Crippen LogP contribution < -0.4 is 15.4 Å². The molecule has 6 nitrogen and oxygen atoms in total. The Labute approximate surface area is 155 Å². The van der Waals surface area contributed by atoms with Crippen molar-refractivity contribution in [2.45, 2.75) is 19.4 Å². The van der Waals surface area contributed by atoms with Crippen molar-refractivity contribution in [3.8, 4) is 5.75 Å². The van der Waals surface area contributed by atoms with Gasteiger partial charge < -0.3 is 15.4 Å². The normalized spacial score (nSPS) is 11.8. The maximum Gasteiger partial charge on any atom is 0.228 e. The van der Waals surface area contributed by atoms with Crippen LogP contribution in [0.2, 0.25) is 0 Å². The van der Waals surface area contributed by atoms with E-state index in [9.17, 15) is 9.59 Å². The maximum atomic E-state index is 12.5. The van der Waals surface area contributed by atoms with Crippen molar-refractivity contribution in [3.05, 3.63) is 54.1 Å². The quantitative estimate of drug-likeness (QED) is 0.697. The van der Waals surface area contributed by atoms with E-state index in [1.54, 1.807) is 7.11 Å². The Kier molecular flexibility index (Phi) is 5.48. The van der Waals surface area contributed by atoms with Gasteiger partial charge in [0, 0.05) is 6.92 Å². The molecule has 1 heterocycles. The largest absolute Gasteiger partial charge is 0.494 e. The molecule has 3 aromatic rings. The van der Waals surface area contributed by atoms with E-state index >= 15 is 0 Å². The zero-order chi connectivity index (χ0) is 18.5. The third kappa shape index (κ3) is 4.18. The van der Waals surface area contributed by atoms with Crippen molar-refractivity contribution in [2.75, 3.05) is 12.4 Å². The second kappa shape index (κ2) is 7.97. The first-order chi connectivity index (χ1) is 12.6. The predicted octanol–water partition coefficient (Wildman–Crippen LogP) is 3.51. The molecule has 1 aromatic heterocycles. The molecule has 7 heteroatoms. The van der Waals surface area contributed by atoms with Gasteiger partial charge >= 0.3 is 0 Å². The predicted molar refractivity (Wildman–Crippen MR) is 102 cm³/mol. The van der Waals surface area contributed by atoms with E-state index in [2.05, 4.69) is 15.6 Å². The molecule has 1 atom stereocenters. The number of thiazole rings is 1. The number of carbonyl (C=O) groups is 2. The van der Waals surface area contributed by atoms with Gasteiger partial charge in [-0.2, -0.15) is 0 Å². The van der Waals surface area contributed by atoms with Gasteiger partial charge in [-0.15, -0.1) is 0 Å². The molecule has 0 saturated carbocycles. The summed E-state index contributed by atoms with van der Waals surface area (Å²) >= 11 is 1.38. The molecule has 2 aromatic carbocycles. The lowest BCUT2D eigenvalue weighted by Crippen LogP contribution is -2.29. The summed E-state index contributed by atoms with van der Waals surface area (Å²) in [4.78, 5) is 28.4. The molecular weight excluding hydrogens is 350 g/mol. The molecule has 26 heavy (non-hydrogen) atoms. The third-order valence-electron chi connectivity index (χ3n) is 3.82. The molecule has 0 saturated heterocycles. The van der Waals surface area contributed by atoms with Crippen LogP contribution in [0.3, 0.4) is 0 Å². The Balaban J connectivity index is 1.75. The van der Waals surface area contributed by atoms with Crippen molar-refractivity contribution in [2.24, 2.45) is 0 Å². The summed E-state index contributed by atoms with van der Waals surface area (Å²) in [6.45, 7) is 1.44. The fraction of sp³-hybridized carbons (Fsp3) is 0.211. The molecule has 0 aliphatic rings. The monoisotopic (exact) mass is 369 g/mol. The SMILES string of the molecule is COc1cccc2sc(NC(=O)C[C@@H](NC(C)=O)c3ccccc3)nc12. The number of para-hydroxylation sites is 1. The summed E-state index contributed by atoms with van der Waals surface area (Å²) < 4.78 is 6.23. The number of nitrogens with one attached hydrogen (secondary N) is 2. The van der Waals surface area contributed by atoms with Gasteiger partial charge in [0.25, 0.3) is 0 Å². The van der Waals surface area contributed by atoms with Crippen LogP contribution in [-0.2, 0) is 9.59 Å². The molecule has 134 valence electrons. The highest BCUT2D eigenvalue weighted by Crippen LogP contribution is 2.32. The minimum atomic E-state index is -0.391. The Morgan fingerprint density at radius 2 is 1.92 bits per heavy atom. The summed E-state index contributed by atoms with van der Waals surface area (Å²) in [5, 5.41) is 6.14. The van der Waals surface area contributed by atoms with E-state index in [1.807, 2.05) is 48.5 Å². The van der Waals surface area contributed by atoms with Gasteiger partial charge in [-0.25, -0.2) is 4.98 Å². The molecule has 0 fully saturated rings. The van der Waals surface area contributed by atoms with Crippen LogP contribution in [0.15, 0.2) is 48.5 Å². The van der Waals surface area contributed by atoms with Crippen LogP contribution >= 0.6 is 11.3 Å². The van der Waals surface area contributed by atoms with Crippen molar-refractivity contribution < 1.29 is 14.3 Å². The Morgan fingerprint density at radius 3 is 2.62 bits per heavy atom. The van der Waals surface area contributed by atoms with Crippen molar-refractivity contribution in [1.82, 2.24) is 10.3 Å². The molecule has 0 bridgehead atoms. The van der Waals surface area contributed by atoms with E-state index in [0.29, 0.717) is 10.9 Å². The van der Waals surface area contributed by atoms with Gasteiger partial charge in [-0.3, -0.25) is 9.59 Å². The lowest BCUT2D eigenvalue weighted by molar-refractivity contribution is -0.120. The standard InChI is InChI=1S/C19H19N3O3S/c1-12(23)20-14(13-7-4-3-5-8-13)11-17(24)21-19-22-18-15(25-2)9-6-10-16(18)26-19/h3-10,14H,11H2,1-2H3,(H,20,23)(H,21,22,24)/t14-/m1/s1. The topological polar surface area (TPSA) is 80.3 Å². The van der Waals surface area contributed by atoms with Gasteiger partial charge in [0.05, 0.1) is 24.3 Å². The number of hydrogen-bond donors (Lipinski definition) is 2. The van der Waals surface area contributed by atoms with Crippen LogP contribution in [0.25, 0.3) is 10.2 Å². The highest BCUT2D eigenvalue weighted by Gasteiger charge is 2.18. The zero-order valence-electron chi connectivity index (χ0n) is 14.5. The molecule has 2 amide bonds. The number of hydrogen-bond acceptors (Lipinski definition) is 5. The number of carbonyl (C=O) groups excluding carboxylic acids is 2. The van der Waals surface area contributed by atoms with Crippen LogP contribution in [0, 0.1) is 0 Å². The lowest BCUT2D eigenvalue weighted by atomic mass is 10.0. The summed E-state index contributed by atoms with van der Waals surface area (Å²) in [6.07, 6.45) is 0.122. The number of nitrogens with zero attached hydrogens (tertiary/aromatic N) is 1. The molecule has 0 spiro atoms. The first kappa shape index (κ1) is 17.9. The molecule has 0 aliphatic carbocycles. The van der Waals surface area contributed by atoms with Gasteiger partial charge in [-0.1, -0.05) is 47.7 Å². The van der Waals surface area contributed by atoms with Crippen LogP contribution in [-0.4, -0.2) is 23.9 Å². The van der Waals surface area contributed by atoms with E-state index in [0.717, 1.165) is 15.8 Å². The van der Waals surface area contributed by atoms with E-state index in [1.165, 1.54) is 18.3 Å². The molecule has 0 aliphatic heterocycles. The highest BCUT2D eigenvalue weighted by atomic mass is 32.1. The number of ether oxygens (including phenoxy) is 1. The van der Waals surface area contributed by atoms with Gasteiger partial charge in [-0.05, 0) is 17.7 Å². The van der Waals surface area contributed by atoms with Gasteiger partial charge in [0.15, 0.2) is 5.13 Å². The number of fused-ring (bicyclic) bond motifs is 1. The smallest absolute Gasteiger partial charge is 0.228 e. The summed E-state index contributed by atoms with van der Waals surface area (Å²) in [6, 6.07) is 14.7. The molecular formula is C19H19N3O3S. The Morgan fingerprint density at radius 1 is 1.15 bits per heavy atom.